The van der Waals surface area contributed by atoms with Gasteiger partial charge in [-0.05, 0) is 23.8 Å². The Balaban J connectivity index is 2.41. The van der Waals surface area contributed by atoms with E-state index in [0.717, 1.165) is 11.3 Å². The van der Waals surface area contributed by atoms with Crippen molar-refractivity contribution in [3.63, 3.8) is 0 Å². The van der Waals surface area contributed by atoms with E-state index < -0.39 is 0 Å². The van der Waals surface area contributed by atoms with Crippen molar-refractivity contribution in [1.29, 1.82) is 5.26 Å². The van der Waals surface area contributed by atoms with E-state index in [9.17, 15) is 5.26 Å². The van der Waals surface area contributed by atoms with Gasteiger partial charge in [0.15, 0.2) is 5.82 Å². The molecule has 7 heteroatoms. The average Bonchev–Trinajstić information content (AvgIpc) is 2.52. The lowest BCUT2D eigenvalue weighted by Gasteiger charge is -2.12. The van der Waals surface area contributed by atoms with Gasteiger partial charge >= 0.3 is 0 Å². The normalized spacial score (nSPS) is 11.0. The van der Waals surface area contributed by atoms with Gasteiger partial charge in [0.1, 0.15) is 6.07 Å². The molecule has 0 unspecified atom stereocenters. The molecule has 1 aromatic carbocycles. The summed E-state index contributed by atoms with van der Waals surface area (Å²) in [7, 11) is 7.55. The molecule has 0 aliphatic carbocycles. The highest BCUT2D eigenvalue weighted by atomic mass is 15.3. The first-order valence-corrected chi connectivity index (χ1v) is 6.99. The number of hydrogen-bond donors (Lipinski definition) is 1. The number of nitrogens with two attached hydrogens (primary N) is 1. The maximum atomic E-state index is 9.42. The van der Waals surface area contributed by atoms with Crippen LogP contribution in [-0.2, 0) is 0 Å². The number of benzene rings is 1. The number of nitriles is 1. The Morgan fingerprint density at radius 3 is 2.22 bits per heavy atom. The van der Waals surface area contributed by atoms with Crippen molar-refractivity contribution in [3.8, 4) is 6.07 Å². The zero-order valence-corrected chi connectivity index (χ0v) is 13.6. The monoisotopic (exact) mass is 309 g/mol. The highest BCUT2D eigenvalue weighted by molar-refractivity contribution is 5.87. The smallest absolute Gasteiger partial charge is 0.230 e. The SMILES string of the molecule is CN(C)c1ccc(/C=C(\C#N)c2nc(N)nc(N(C)C)n2)cc1. The summed E-state index contributed by atoms with van der Waals surface area (Å²) in [5.41, 5.74) is 8.01. The summed E-state index contributed by atoms with van der Waals surface area (Å²) in [5.74, 6) is 0.764. The van der Waals surface area contributed by atoms with Crippen LogP contribution in [0.3, 0.4) is 0 Å². The lowest BCUT2D eigenvalue weighted by molar-refractivity contribution is 0.952. The number of hydrogen-bond acceptors (Lipinski definition) is 7. The molecule has 7 nitrogen and oxygen atoms in total. The van der Waals surface area contributed by atoms with Gasteiger partial charge in [-0.25, -0.2) is 0 Å². The summed E-state index contributed by atoms with van der Waals surface area (Å²) in [4.78, 5) is 16.1. The average molecular weight is 309 g/mol. The number of aromatic nitrogens is 3. The van der Waals surface area contributed by atoms with Gasteiger partial charge in [0.25, 0.3) is 0 Å². The van der Waals surface area contributed by atoms with Crippen molar-refractivity contribution in [1.82, 2.24) is 15.0 Å². The van der Waals surface area contributed by atoms with Gasteiger partial charge in [-0.3, -0.25) is 0 Å². The Kier molecular flexibility index (Phi) is 4.76. The van der Waals surface area contributed by atoms with Crippen LogP contribution in [0.1, 0.15) is 11.4 Å². The summed E-state index contributed by atoms with van der Waals surface area (Å²) in [6.07, 6.45) is 1.73. The first kappa shape index (κ1) is 16.2. The minimum Gasteiger partial charge on any atom is -0.378 e. The molecule has 0 saturated heterocycles. The molecule has 0 fully saturated rings. The summed E-state index contributed by atoms with van der Waals surface area (Å²) in [6.45, 7) is 0. The maximum Gasteiger partial charge on any atom is 0.230 e. The van der Waals surface area contributed by atoms with E-state index in [0.29, 0.717) is 11.5 Å². The first-order valence-electron chi connectivity index (χ1n) is 6.99. The number of anilines is 3. The summed E-state index contributed by atoms with van der Waals surface area (Å²) in [6, 6.07) is 9.95. The van der Waals surface area contributed by atoms with Crippen molar-refractivity contribution in [2.45, 2.75) is 0 Å². The Hall–Kier alpha value is -3.14. The van der Waals surface area contributed by atoms with Gasteiger partial charge in [-0.15, -0.1) is 0 Å². The minimum absolute atomic E-state index is 0.0859. The van der Waals surface area contributed by atoms with Crippen LogP contribution in [0.25, 0.3) is 11.6 Å². The number of nitrogen functional groups attached to an aromatic ring is 1. The molecule has 0 radical (unpaired) electrons. The molecule has 0 aliphatic heterocycles. The van der Waals surface area contributed by atoms with Crippen molar-refractivity contribution in [2.75, 3.05) is 43.7 Å². The van der Waals surface area contributed by atoms with Crippen molar-refractivity contribution < 1.29 is 0 Å². The van der Waals surface area contributed by atoms with Crippen LogP contribution in [0.4, 0.5) is 17.6 Å². The fourth-order valence-electron chi connectivity index (χ4n) is 1.88. The number of allylic oxidation sites excluding steroid dienone is 1. The molecular formula is C16H19N7. The molecule has 0 aliphatic rings. The predicted octanol–water partition coefficient (Wildman–Crippen LogP) is 1.65. The zero-order chi connectivity index (χ0) is 17.0. The van der Waals surface area contributed by atoms with Gasteiger partial charge in [-0.1, -0.05) is 12.1 Å². The third-order valence-electron chi connectivity index (χ3n) is 3.12. The van der Waals surface area contributed by atoms with E-state index >= 15 is 0 Å². The molecule has 0 amide bonds. The lowest BCUT2D eigenvalue weighted by atomic mass is 10.1. The molecule has 1 heterocycles. The molecular weight excluding hydrogens is 290 g/mol. The molecule has 2 rings (SSSR count). The number of nitrogens with zero attached hydrogens (tertiary/aromatic N) is 6. The third kappa shape index (κ3) is 3.95. The highest BCUT2D eigenvalue weighted by Crippen LogP contribution is 2.19. The third-order valence-corrected chi connectivity index (χ3v) is 3.12. The van der Waals surface area contributed by atoms with Crippen LogP contribution in [0.15, 0.2) is 24.3 Å². The topological polar surface area (TPSA) is 95.0 Å². The summed E-state index contributed by atoms with van der Waals surface area (Å²) in [5, 5.41) is 9.42. The second-order valence-corrected chi connectivity index (χ2v) is 5.37. The Labute approximate surface area is 135 Å². The standard InChI is InChI=1S/C16H19N7/c1-22(2)13-7-5-11(6-8-13)9-12(10-17)14-19-15(18)21-16(20-14)23(3)4/h5-9H,1-4H3,(H2,18,19,20,21)/b12-9+. The Morgan fingerprint density at radius 2 is 1.70 bits per heavy atom. The minimum atomic E-state index is 0.0859. The molecule has 23 heavy (non-hydrogen) atoms. The van der Waals surface area contributed by atoms with Crippen molar-refractivity contribution >= 4 is 29.2 Å². The fraction of sp³-hybridized carbons (Fsp3) is 0.250. The molecule has 0 saturated carbocycles. The van der Waals surface area contributed by atoms with E-state index in [2.05, 4.69) is 21.0 Å². The van der Waals surface area contributed by atoms with E-state index in [1.54, 1.807) is 25.1 Å². The molecule has 0 atom stereocenters. The van der Waals surface area contributed by atoms with Crippen LogP contribution >= 0.6 is 0 Å². The zero-order valence-electron chi connectivity index (χ0n) is 13.6. The molecule has 2 aromatic rings. The molecule has 118 valence electrons. The molecule has 0 bridgehead atoms. The van der Waals surface area contributed by atoms with Gasteiger partial charge in [-0.2, -0.15) is 20.2 Å². The van der Waals surface area contributed by atoms with Crippen LogP contribution in [0.2, 0.25) is 0 Å². The molecule has 2 N–H and O–H groups in total. The van der Waals surface area contributed by atoms with Crippen LogP contribution in [0.5, 0.6) is 0 Å². The lowest BCUT2D eigenvalue weighted by Crippen LogP contribution is -2.15. The highest BCUT2D eigenvalue weighted by Gasteiger charge is 2.10. The Morgan fingerprint density at radius 1 is 1.04 bits per heavy atom. The maximum absolute atomic E-state index is 9.42. The second kappa shape index (κ2) is 6.75. The number of rotatable bonds is 4. The van der Waals surface area contributed by atoms with Gasteiger partial charge < -0.3 is 15.5 Å². The van der Waals surface area contributed by atoms with Gasteiger partial charge in [0.2, 0.25) is 11.9 Å². The summed E-state index contributed by atoms with van der Waals surface area (Å²) >= 11 is 0. The van der Waals surface area contributed by atoms with Crippen LogP contribution in [-0.4, -0.2) is 43.1 Å². The van der Waals surface area contributed by atoms with Gasteiger partial charge in [0.05, 0.1) is 5.57 Å². The van der Waals surface area contributed by atoms with Crippen LogP contribution < -0.4 is 15.5 Å². The van der Waals surface area contributed by atoms with E-state index in [4.69, 9.17) is 5.73 Å². The van der Waals surface area contributed by atoms with Gasteiger partial charge in [0, 0.05) is 33.9 Å². The van der Waals surface area contributed by atoms with E-state index in [1.807, 2.05) is 43.3 Å². The largest absolute Gasteiger partial charge is 0.378 e. The summed E-state index contributed by atoms with van der Waals surface area (Å²) < 4.78 is 0. The second-order valence-electron chi connectivity index (χ2n) is 5.37. The fourth-order valence-corrected chi connectivity index (χ4v) is 1.88. The van der Waals surface area contributed by atoms with E-state index in [1.165, 1.54) is 0 Å². The van der Waals surface area contributed by atoms with Crippen molar-refractivity contribution in [2.24, 2.45) is 0 Å². The van der Waals surface area contributed by atoms with Crippen molar-refractivity contribution in [3.05, 3.63) is 35.7 Å². The molecule has 1 aromatic heterocycles. The van der Waals surface area contributed by atoms with E-state index in [-0.39, 0.29) is 11.8 Å². The molecule has 0 spiro atoms. The first-order chi connectivity index (χ1) is 10.9. The van der Waals surface area contributed by atoms with Crippen LogP contribution in [0, 0.1) is 11.3 Å². The predicted molar refractivity (Wildman–Crippen MR) is 92.8 cm³/mol. The Bertz CT molecular complexity index is 755. The quantitative estimate of drug-likeness (QED) is 0.858.